The molecule has 4 heterocycles. The Labute approximate surface area is 186 Å². The van der Waals surface area contributed by atoms with Crippen molar-refractivity contribution in [2.24, 2.45) is 5.92 Å². The van der Waals surface area contributed by atoms with Crippen LogP contribution < -0.4 is 5.32 Å². The molecule has 4 rings (SSSR count). The van der Waals surface area contributed by atoms with Crippen LogP contribution in [0.15, 0.2) is 43.0 Å². The number of pyridine rings is 1. The zero-order valence-corrected chi connectivity index (χ0v) is 17.4. The van der Waals surface area contributed by atoms with Gasteiger partial charge in [0.2, 0.25) is 5.91 Å². The van der Waals surface area contributed by atoms with E-state index in [1.807, 2.05) is 17.0 Å². The Hall–Kier alpha value is -3.41. The van der Waals surface area contributed by atoms with Crippen molar-refractivity contribution in [3.8, 4) is 0 Å². The van der Waals surface area contributed by atoms with Crippen molar-refractivity contribution in [1.29, 1.82) is 0 Å². The Morgan fingerprint density at radius 2 is 2.06 bits per heavy atom. The van der Waals surface area contributed by atoms with E-state index >= 15 is 0 Å². The monoisotopic (exact) mass is 468 g/mol. The first kappa shape index (κ1) is 24.2. The lowest BCUT2D eigenvalue weighted by atomic mass is 9.89. The van der Waals surface area contributed by atoms with Crippen LogP contribution in [0.4, 0.5) is 13.2 Å². The number of carbonyl (C=O) groups is 3. The second-order valence-corrected chi connectivity index (χ2v) is 7.64. The lowest BCUT2D eigenvalue weighted by Gasteiger charge is -2.40. The summed E-state index contributed by atoms with van der Waals surface area (Å²) in [6.07, 6.45) is 3.19. The molecule has 2 amide bonds. The van der Waals surface area contributed by atoms with Crippen molar-refractivity contribution in [2.45, 2.75) is 37.7 Å². The van der Waals surface area contributed by atoms with Crippen LogP contribution in [-0.4, -0.2) is 69.2 Å². The Balaban J connectivity index is 0.000000383. The average Bonchev–Trinajstić information content (AvgIpc) is 3.49. The first-order valence-corrected chi connectivity index (χ1v) is 10.2. The van der Waals surface area contributed by atoms with Gasteiger partial charge in [-0.15, -0.1) is 0 Å². The lowest BCUT2D eigenvalue weighted by molar-refractivity contribution is -0.192. The summed E-state index contributed by atoms with van der Waals surface area (Å²) in [5.41, 5.74) is 1.57. The topological polar surface area (TPSA) is 125 Å². The molecule has 2 aliphatic heterocycles. The van der Waals surface area contributed by atoms with Crippen LogP contribution in [0.3, 0.4) is 0 Å². The number of piperidine rings is 1. The van der Waals surface area contributed by atoms with Crippen LogP contribution in [0.1, 0.15) is 28.8 Å². The van der Waals surface area contributed by atoms with E-state index in [0.717, 1.165) is 12.0 Å². The number of hydrogen-bond donors (Lipinski definition) is 3. The first-order chi connectivity index (χ1) is 15.7. The van der Waals surface area contributed by atoms with E-state index in [2.05, 4.69) is 15.3 Å². The highest BCUT2D eigenvalue weighted by Crippen LogP contribution is 2.32. The Morgan fingerprint density at radius 1 is 1.30 bits per heavy atom. The Kier molecular flexibility index (Phi) is 7.69. The number of rotatable bonds is 4. The summed E-state index contributed by atoms with van der Waals surface area (Å²) in [7, 11) is 0. The molecule has 2 saturated heterocycles. The fourth-order valence-electron chi connectivity index (χ4n) is 3.83. The molecule has 0 radical (unpaired) electrons. The van der Waals surface area contributed by atoms with Crippen molar-refractivity contribution < 1.29 is 37.4 Å². The number of aromatic amines is 1. The van der Waals surface area contributed by atoms with E-state index < -0.39 is 12.1 Å². The number of alkyl halides is 3. The molecule has 12 heteroatoms. The summed E-state index contributed by atoms with van der Waals surface area (Å²) in [6.45, 7) is 1.49. The van der Waals surface area contributed by atoms with E-state index in [1.54, 1.807) is 30.9 Å². The minimum absolute atomic E-state index is 0.0449. The molecule has 0 aliphatic carbocycles. The van der Waals surface area contributed by atoms with Crippen molar-refractivity contribution in [1.82, 2.24) is 20.2 Å². The van der Waals surface area contributed by atoms with Gasteiger partial charge >= 0.3 is 12.1 Å². The molecule has 2 aromatic heterocycles. The maximum absolute atomic E-state index is 12.9. The zero-order valence-electron chi connectivity index (χ0n) is 17.4. The standard InChI is InChI=1S/C19H22N4O3.C2HF3O2/c24-18(22-10-13-2-1-5-20-9-13)15-8-17-16(4-7-26-17)23(12-15)19(25)14-3-6-21-11-14;3-2(4,5)1(6)7/h1-3,5-6,9,11,15-17,21H,4,7-8,10,12H2,(H,22,24);(H,6,7)/t15-,16-,17-;/m1./s1. The first-order valence-electron chi connectivity index (χ1n) is 10.2. The molecule has 0 saturated carbocycles. The number of aromatic nitrogens is 2. The molecule has 178 valence electrons. The van der Waals surface area contributed by atoms with E-state index in [4.69, 9.17) is 14.6 Å². The van der Waals surface area contributed by atoms with Crippen LogP contribution in [0.2, 0.25) is 0 Å². The molecule has 0 spiro atoms. The van der Waals surface area contributed by atoms with Crippen LogP contribution in [0, 0.1) is 5.92 Å². The predicted molar refractivity (Wildman–Crippen MR) is 108 cm³/mol. The number of halogens is 3. The van der Waals surface area contributed by atoms with Crippen LogP contribution in [0.5, 0.6) is 0 Å². The van der Waals surface area contributed by atoms with Crippen molar-refractivity contribution >= 4 is 17.8 Å². The van der Waals surface area contributed by atoms with Gasteiger partial charge in [-0.1, -0.05) is 6.07 Å². The van der Waals surface area contributed by atoms with Gasteiger partial charge in [0.15, 0.2) is 0 Å². The van der Waals surface area contributed by atoms with Gasteiger partial charge in [0, 0.05) is 44.5 Å². The molecule has 0 unspecified atom stereocenters. The normalized spacial score (nSPS) is 22.0. The van der Waals surface area contributed by atoms with Crippen LogP contribution >= 0.6 is 0 Å². The number of likely N-dealkylation sites (tertiary alicyclic amines) is 1. The number of carboxylic acid groups (broad SMARTS) is 1. The molecule has 2 aliphatic rings. The molecule has 0 aromatic carbocycles. The van der Waals surface area contributed by atoms with Gasteiger partial charge in [-0.2, -0.15) is 13.2 Å². The third kappa shape index (κ3) is 6.31. The fraction of sp³-hybridized carbons (Fsp3) is 0.429. The number of aliphatic carboxylic acids is 1. The van der Waals surface area contributed by atoms with E-state index in [9.17, 15) is 22.8 Å². The van der Waals surface area contributed by atoms with Gasteiger partial charge in [-0.05, 0) is 30.5 Å². The second-order valence-electron chi connectivity index (χ2n) is 7.64. The quantitative estimate of drug-likeness (QED) is 0.630. The van der Waals surface area contributed by atoms with E-state index in [1.165, 1.54) is 0 Å². The summed E-state index contributed by atoms with van der Waals surface area (Å²) < 4.78 is 37.5. The number of amides is 2. The van der Waals surface area contributed by atoms with Crippen molar-refractivity contribution in [2.75, 3.05) is 13.2 Å². The predicted octanol–water partition coefficient (Wildman–Crippen LogP) is 1.98. The average molecular weight is 468 g/mol. The number of H-pyrrole nitrogens is 1. The van der Waals surface area contributed by atoms with Crippen LogP contribution in [0.25, 0.3) is 0 Å². The number of carboxylic acids is 1. The number of carbonyl (C=O) groups excluding carboxylic acids is 2. The highest BCUT2D eigenvalue weighted by molar-refractivity contribution is 5.95. The fourth-order valence-corrected chi connectivity index (χ4v) is 3.83. The van der Waals surface area contributed by atoms with Gasteiger partial charge in [-0.25, -0.2) is 4.79 Å². The summed E-state index contributed by atoms with van der Waals surface area (Å²) in [5, 5.41) is 10.1. The summed E-state index contributed by atoms with van der Waals surface area (Å²) in [6, 6.07) is 5.58. The smallest absolute Gasteiger partial charge is 0.475 e. The van der Waals surface area contributed by atoms with E-state index in [0.29, 0.717) is 31.7 Å². The van der Waals surface area contributed by atoms with Gasteiger partial charge in [0.05, 0.1) is 23.6 Å². The number of ether oxygens (including phenoxy) is 1. The molecule has 2 aromatic rings. The zero-order chi connectivity index (χ0) is 24.0. The molecule has 33 heavy (non-hydrogen) atoms. The van der Waals surface area contributed by atoms with Crippen molar-refractivity contribution in [3.63, 3.8) is 0 Å². The Bertz CT molecular complexity index is 953. The number of nitrogens with zero attached hydrogens (tertiary/aromatic N) is 2. The molecule has 2 fully saturated rings. The molecular weight excluding hydrogens is 445 g/mol. The highest BCUT2D eigenvalue weighted by atomic mass is 19.4. The SMILES string of the molecule is O=C(NCc1cccnc1)[C@@H]1C[C@H]2OCC[C@H]2N(C(=O)c2cc[nH]c2)C1.O=C(O)C(F)(F)F. The van der Waals surface area contributed by atoms with Gasteiger partial charge in [0.1, 0.15) is 0 Å². The van der Waals surface area contributed by atoms with Gasteiger partial charge in [-0.3, -0.25) is 14.6 Å². The highest BCUT2D eigenvalue weighted by Gasteiger charge is 2.44. The van der Waals surface area contributed by atoms with Crippen molar-refractivity contribution in [3.05, 3.63) is 54.1 Å². The second kappa shape index (κ2) is 10.5. The lowest BCUT2D eigenvalue weighted by Crippen LogP contribution is -2.54. The van der Waals surface area contributed by atoms with Crippen LogP contribution in [-0.2, 0) is 20.9 Å². The third-order valence-electron chi connectivity index (χ3n) is 5.42. The summed E-state index contributed by atoms with van der Waals surface area (Å²) >= 11 is 0. The minimum atomic E-state index is -5.08. The molecule has 3 N–H and O–H groups in total. The third-order valence-corrected chi connectivity index (χ3v) is 5.42. The van der Waals surface area contributed by atoms with E-state index in [-0.39, 0.29) is 29.9 Å². The maximum atomic E-state index is 12.9. The Morgan fingerprint density at radius 3 is 2.67 bits per heavy atom. The molecule has 9 nitrogen and oxygen atoms in total. The van der Waals surface area contributed by atoms with Gasteiger partial charge in [0.25, 0.3) is 5.91 Å². The molecule has 0 bridgehead atoms. The maximum Gasteiger partial charge on any atom is 0.490 e. The summed E-state index contributed by atoms with van der Waals surface area (Å²) in [5.74, 6) is -3.12. The van der Waals surface area contributed by atoms with Gasteiger partial charge < -0.3 is 25.0 Å². The number of nitrogens with one attached hydrogen (secondary N) is 2. The number of fused-ring (bicyclic) bond motifs is 1. The largest absolute Gasteiger partial charge is 0.490 e. The number of hydrogen-bond acceptors (Lipinski definition) is 5. The molecular formula is C21H23F3N4O5. The summed E-state index contributed by atoms with van der Waals surface area (Å²) in [4.78, 5) is 43.2. The minimum Gasteiger partial charge on any atom is -0.475 e. The molecule has 3 atom stereocenters.